The van der Waals surface area contributed by atoms with Crippen molar-refractivity contribution in [2.75, 3.05) is 13.1 Å². The molecule has 0 spiro atoms. The van der Waals surface area contributed by atoms with Gasteiger partial charge in [-0.05, 0) is 43.9 Å². The van der Waals surface area contributed by atoms with E-state index in [0.29, 0.717) is 6.54 Å². The molecule has 0 aliphatic rings. The van der Waals surface area contributed by atoms with Gasteiger partial charge < -0.3 is 10.6 Å². The van der Waals surface area contributed by atoms with Gasteiger partial charge >= 0.3 is 0 Å². The first-order valence-corrected chi connectivity index (χ1v) is 11.7. The number of nitrogens with zero attached hydrogens (tertiary/aromatic N) is 1. The van der Waals surface area contributed by atoms with Gasteiger partial charge in [0.1, 0.15) is 0 Å². The molecular weight excluding hydrogens is 511 g/mol. The van der Waals surface area contributed by atoms with E-state index < -0.39 is 10.0 Å². The first-order chi connectivity index (χ1) is 13.9. The van der Waals surface area contributed by atoms with Gasteiger partial charge in [-0.15, -0.1) is 24.0 Å². The zero-order valence-electron chi connectivity index (χ0n) is 17.9. The van der Waals surface area contributed by atoms with Crippen molar-refractivity contribution in [3.05, 3.63) is 71.3 Å². The van der Waals surface area contributed by atoms with Crippen LogP contribution in [-0.4, -0.2) is 33.5 Å². The topological polar surface area (TPSA) is 82.6 Å². The van der Waals surface area contributed by atoms with Gasteiger partial charge in [-0.25, -0.2) is 18.1 Å². The van der Waals surface area contributed by atoms with Crippen LogP contribution in [0.15, 0.2) is 59.6 Å². The third-order valence-corrected chi connectivity index (χ3v) is 5.70. The zero-order valence-corrected chi connectivity index (χ0v) is 21.0. The maximum Gasteiger partial charge on any atom is 0.216 e. The fourth-order valence-corrected chi connectivity index (χ4v) is 4.43. The average molecular weight is 545 g/mol. The Morgan fingerprint density at radius 2 is 1.60 bits per heavy atom. The number of guanidine groups is 1. The van der Waals surface area contributed by atoms with E-state index in [1.807, 2.05) is 63.2 Å². The molecule has 0 bridgehead atoms. The van der Waals surface area contributed by atoms with Gasteiger partial charge in [0.05, 0.1) is 12.3 Å². The van der Waals surface area contributed by atoms with Crippen LogP contribution in [0.5, 0.6) is 0 Å². The molecule has 0 aliphatic heterocycles. The molecule has 6 nitrogen and oxygen atoms in total. The summed E-state index contributed by atoms with van der Waals surface area (Å²) in [4.78, 5) is 4.65. The second-order valence-corrected chi connectivity index (χ2v) is 8.91. The zero-order chi connectivity index (χ0) is 21.1. The maximum absolute atomic E-state index is 12.3. The molecule has 0 saturated heterocycles. The Morgan fingerprint density at radius 3 is 2.23 bits per heavy atom. The Labute approximate surface area is 198 Å². The molecule has 0 aromatic heterocycles. The number of benzene rings is 2. The van der Waals surface area contributed by atoms with Gasteiger partial charge in [0.25, 0.3) is 0 Å². The molecule has 0 saturated carbocycles. The number of halogens is 1. The van der Waals surface area contributed by atoms with E-state index in [-0.39, 0.29) is 35.8 Å². The van der Waals surface area contributed by atoms with Crippen LogP contribution in [-0.2, 0) is 28.7 Å². The normalized spacial score (nSPS) is 11.8. The Hall–Kier alpha value is -1.65. The smallest absolute Gasteiger partial charge is 0.216 e. The molecule has 0 radical (unpaired) electrons. The summed E-state index contributed by atoms with van der Waals surface area (Å²) in [5.41, 5.74) is 2.94. The molecule has 2 aromatic rings. The monoisotopic (exact) mass is 544 g/mol. The van der Waals surface area contributed by atoms with E-state index in [4.69, 9.17) is 0 Å². The molecule has 0 fully saturated rings. The van der Waals surface area contributed by atoms with Crippen LogP contribution in [0.2, 0.25) is 0 Å². The maximum atomic E-state index is 12.3. The van der Waals surface area contributed by atoms with Gasteiger partial charge in [0.2, 0.25) is 10.0 Å². The van der Waals surface area contributed by atoms with Crippen LogP contribution in [0.1, 0.15) is 37.5 Å². The van der Waals surface area contributed by atoms with Crippen LogP contribution >= 0.6 is 24.0 Å². The van der Waals surface area contributed by atoms with E-state index in [1.54, 1.807) is 0 Å². The van der Waals surface area contributed by atoms with Crippen molar-refractivity contribution < 1.29 is 8.42 Å². The standard InChI is InChI=1S/C22H32N4O2S.HI/c1-4-23-22(24-15-14-19-10-6-5-7-11-19)25-16-20-12-8-9-13-21(20)17-29(27,28)26-18(2)3;/h5-13,18,26H,4,14-17H2,1-3H3,(H2,23,24,25);1H. The number of hydrogen-bond donors (Lipinski definition) is 3. The molecular formula is C22H33IN4O2S. The molecule has 2 aromatic carbocycles. The Morgan fingerprint density at radius 1 is 0.967 bits per heavy atom. The molecule has 30 heavy (non-hydrogen) atoms. The molecule has 0 heterocycles. The summed E-state index contributed by atoms with van der Waals surface area (Å²) in [6, 6.07) is 17.7. The van der Waals surface area contributed by atoms with Crippen molar-refractivity contribution in [3.8, 4) is 0 Å². The largest absolute Gasteiger partial charge is 0.357 e. The highest BCUT2D eigenvalue weighted by atomic mass is 127. The van der Waals surface area contributed by atoms with Gasteiger partial charge in [0, 0.05) is 19.1 Å². The van der Waals surface area contributed by atoms with Crippen molar-refractivity contribution in [1.82, 2.24) is 15.4 Å². The number of rotatable bonds is 10. The summed E-state index contributed by atoms with van der Waals surface area (Å²) in [6.45, 7) is 7.59. The molecule has 0 atom stereocenters. The lowest BCUT2D eigenvalue weighted by molar-refractivity contribution is 0.569. The Kier molecular flexibility index (Phi) is 12.0. The van der Waals surface area contributed by atoms with Crippen molar-refractivity contribution in [2.45, 2.75) is 45.5 Å². The molecule has 166 valence electrons. The molecule has 2 rings (SSSR count). The number of aliphatic imine (C=N–C) groups is 1. The number of hydrogen-bond acceptors (Lipinski definition) is 3. The highest BCUT2D eigenvalue weighted by molar-refractivity contribution is 14.0. The Balaban J connectivity index is 0.00000450. The first kappa shape index (κ1) is 26.4. The quantitative estimate of drug-likeness (QED) is 0.243. The van der Waals surface area contributed by atoms with E-state index in [2.05, 4.69) is 32.5 Å². The van der Waals surface area contributed by atoms with Crippen LogP contribution < -0.4 is 15.4 Å². The Bertz CT molecular complexity index is 887. The first-order valence-electron chi connectivity index (χ1n) is 10.0. The van der Waals surface area contributed by atoms with E-state index in [1.165, 1.54) is 5.56 Å². The van der Waals surface area contributed by atoms with Crippen molar-refractivity contribution in [3.63, 3.8) is 0 Å². The van der Waals surface area contributed by atoms with Gasteiger partial charge in [-0.1, -0.05) is 54.6 Å². The third kappa shape index (κ3) is 9.90. The predicted octanol–water partition coefficient (Wildman–Crippen LogP) is 3.43. The lowest BCUT2D eigenvalue weighted by Crippen LogP contribution is -2.38. The summed E-state index contributed by atoms with van der Waals surface area (Å²) >= 11 is 0. The minimum atomic E-state index is -3.38. The van der Waals surface area contributed by atoms with Gasteiger partial charge in [0.15, 0.2) is 5.96 Å². The second kappa shape index (κ2) is 13.6. The van der Waals surface area contributed by atoms with Crippen molar-refractivity contribution in [1.29, 1.82) is 0 Å². The van der Waals surface area contributed by atoms with E-state index >= 15 is 0 Å². The fraction of sp³-hybridized carbons (Fsp3) is 0.409. The summed E-state index contributed by atoms with van der Waals surface area (Å²) in [5, 5.41) is 6.58. The summed E-state index contributed by atoms with van der Waals surface area (Å²) in [5.74, 6) is 0.677. The van der Waals surface area contributed by atoms with E-state index in [0.717, 1.165) is 36.6 Å². The minimum absolute atomic E-state index is 0. The fourth-order valence-electron chi connectivity index (χ4n) is 2.93. The average Bonchev–Trinajstić information content (AvgIpc) is 2.66. The van der Waals surface area contributed by atoms with Crippen LogP contribution in [0.25, 0.3) is 0 Å². The van der Waals surface area contributed by atoms with Crippen LogP contribution in [0, 0.1) is 0 Å². The van der Waals surface area contributed by atoms with Crippen LogP contribution in [0.4, 0.5) is 0 Å². The number of sulfonamides is 1. The van der Waals surface area contributed by atoms with Gasteiger partial charge in [-0.3, -0.25) is 0 Å². The molecule has 0 unspecified atom stereocenters. The summed E-state index contributed by atoms with van der Waals surface area (Å²) in [6.07, 6.45) is 0.904. The molecule has 0 aliphatic carbocycles. The van der Waals surface area contributed by atoms with Gasteiger partial charge in [-0.2, -0.15) is 0 Å². The number of nitrogens with one attached hydrogen (secondary N) is 3. The highest BCUT2D eigenvalue weighted by Crippen LogP contribution is 2.13. The minimum Gasteiger partial charge on any atom is -0.357 e. The summed E-state index contributed by atoms with van der Waals surface area (Å²) in [7, 11) is -3.38. The molecule has 0 amide bonds. The van der Waals surface area contributed by atoms with Crippen LogP contribution in [0.3, 0.4) is 0 Å². The molecule has 3 N–H and O–H groups in total. The SMILES string of the molecule is CCNC(=NCc1ccccc1CS(=O)(=O)NC(C)C)NCCc1ccccc1.I. The van der Waals surface area contributed by atoms with Crippen molar-refractivity contribution in [2.24, 2.45) is 4.99 Å². The lowest BCUT2D eigenvalue weighted by Gasteiger charge is -2.14. The molecule has 8 heteroatoms. The van der Waals surface area contributed by atoms with E-state index in [9.17, 15) is 8.42 Å². The predicted molar refractivity (Wildman–Crippen MR) is 136 cm³/mol. The summed E-state index contributed by atoms with van der Waals surface area (Å²) < 4.78 is 27.3. The second-order valence-electron chi connectivity index (χ2n) is 7.16. The van der Waals surface area contributed by atoms with Crippen molar-refractivity contribution >= 4 is 40.0 Å². The highest BCUT2D eigenvalue weighted by Gasteiger charge is 2.15. The third-order valence-electron chi connectivity index (χ3n) is 4.18. The lowest BCUT2D eigenvalue weighted by atomic mass is 10.1.